The van der Waals surface area contributed by atoms with E-state index in [2.05, 4.69) is 102 Å². The second-order valence-electron chi connectivity index (χ2n) is 11.3. The van der Waals surface area contributed by atoms with Crippen LogP contribution in [0.5, 0.6) is 0 Å². The molecular formula is C40H29NO2. The minimum atomic E-state index is -0.852. The highest BCUT2D eigenvalue weighted by Gasteiger charge is 2.39. The summed E-state index contributed by atoms with van der Waals surface area (Å²) in [7, 11) is 0. The van der Waals surface area contributed by atoms with Gasteiger partial charge in [0.25, 0.3) is 0 Å². The molecule has 3 nitrogen and oxygen atoms in total. The molecule has 0 radical (unpaired) electrons. The first-order chi connectivity index (χ1) is 21.2. The Morgan fingerprint density at radius 3 is 1.58 bits per heavy atom. The zero-order valence-corrected chi connectivity index (χ0v) is 23.5. The third kappa shape index (κ3) is 4.12. The van der Waals surface area contributed by atoms with Crippen LogP contribution in [0.4, 0.5) is 17.1 Å². The van der Waals surface area contributed by atoms with E-state index in [0.717, 1.165) is 60.5 Å². The Labute approximate surface area is 250 Å². The minimum absolute atomic E-state index is 0.0145. The Bertz CT molecular complexity index is 2060. The van der Waals surface area contributed by atoms with Crippen LogP contribution in [0.2, 0.25) is 0 Å². The lowest BCUT2D eigenvalue weighted by Crippen LogP contribution is -2.17. The molecule has 0 fully saturated rings. The topological polar surface area (TPSA) is 40.5 Å². The van der Waals surface area contributed by atoms with Crippen LogP contribution in [0.25, 0.3) is 32.3 Å². The van der Waals surface area contributed by atoms with Gasteiger partial charge < -0.3 is 10.0 Å². The van der Waals surface area contributed by atoms with Crippen molar-refractivity contribution in [1.29, 1.82) is 0 Å². The average molecular weight is 556 g/mol. The molecule has 1 N–H and O–H groups in total. The van der Waals surface area contributed by atoms with Crippen molar-refractivity contribution in [3.63, 3.8) is 0 Å². The van der Waals surface area contributed by atoms with Crippen molar-refractivity contribution in [3.8, 4) is 0 Å². The fraction of sp³-hybridized carbons (Fsp3) is 0.0750. The number of rotatable bonds is 5. The van der Waals surface area contributed by atoms with E-state index in [4.69, 9.17) is 0 Å². The van der Waals surface area contributed by atoms with Gasteiger partial charge >= 0.3 is 0 Å². The Kier molecular flexibility index (Phi) is 6.06. The number of anilines is 3. The molecule has 0 amide bonds. The van der Waals surface area contributed by atoms with E-state index in [1.165, 1.54) is 0 Å². The smallest absolute Gasteiger partial charge is 0.169 e. The number of carbonyl (C=O) groups excluding carboxylic acids is 1. The lowest BCUT2D eigenvalue weighted by atomic mass is 9.86. The van der Waals surface area contributed by atoms with Gasteiger partial charge in [0.2, 0.25) is 0 Å². The van der Waals surface area contributed by atoms with Gasteiger partial charge in [-0.3, -0.25) is 4.79 Å². The number of ketones is 1. The first-order valence-corrected chi connectivity index (χ1v) is 14.8. The van der Waals surface area contributed by atoms with Gasteiger partial charge in [-0.25, -0.2) is 0 Å². The molecule has 0 saturated carbocycles. The number of para-hydroxylation sites is 2. The van der Waals surface area contributed by atoms with Crippen molar-refractivity contribution in [2.45, 2.75) is 12.5 Å². The summed E-state index contributed by atoms with van der Waals surface area (Å²) in [5, 5.41) is 18.0. The van der Waals surface area contributed by atoms with E-state index in [0.29, 0.717) is 12.0 Å². The van der Waals surface area contributed by atoms with Gasteiger partial charge in [-0.05, 0) is 75.5 Å². The predicted octanol–water partition coefficient (Wildman–Crippen LogP) is 9.70. The van der Waals surface area contributed by atoms with Crippen molar-refractivity contribution >= 4 is 55.2 Å². The summed E-state index contributed by atoms with van der Waals surface area (Å²) < 4.78 is 0. The number of Topliss-reactive ketones (excluding diaryl/α,β-unsaturated/α-hetero) is 1. The normalized spacial score (nSPS) is 16.2. The van der Waals surface area contributed by atoms with Crippen molar-refractivity contribution in [2.75, 3.05) is 4.90 Å². The van der Waals surface area contributed by atoms with E-state index in [9.17, 15) is 9.90 Å². The lowest BCUT2D eigenvalue weighted by Gasteiger charge is -2.29. The van der Waals surface area contributed by atoms with E-state index in [-0.39, 0.29) is 5.78 Å². The van der Waals surface area contributed by atoms with E-state index < -0.39 is 12.0 Å². The molecule has 0 heterocycles. The SMILES string of the molecule is O=C1c2cc3ccccc3cc2C(O)C1Cc1c2ccccc2c(N(c2ccccc2)c2ccccc2)c2ccccc12. The first-order valence-electron chi connectivity index (χ1n) is 14.8. The maximum absolute atomic E-state index is 13.9. The summed E-state index contributed by atoms with van der Waals surface area (Å²) in [6.07, 6.45) is -0.405. The Morgan fingerprint density at radius 1 is 0.558 bits per heavy atom. The summed E-state index contributed by atoms with van der Waals surface area (Å²) in [6, 6.07) is 49.8. The molecule has 1 aliphatic carbocycles. The molecule has 0 bridgehead atoms. The van der Waals surface area contributed by atoms with Crippen molar-refractivity contribution < 1.29 is 9.90 Å². The zero-order valence-electron chi connectivity index (χ0n) is 23.5. The number of benzene rings is 7. The van der Waals surface area contributed by atoms with Crippen LogP contribution in [-0.4, -0.2) is 10.9 Å². The summed E-state index contributed by atoms with van der Waals surface area (Å²) in [5.41, 5.74) is 5.70. The van der Waals surface area contributed by atoms with Gasteiger partial charge in [-0.15, -0.1) is 0 Å². The van der Waals surface area contributed by atoms with Crippen LogP contribution >= 0.6 is 0 Å². The molecule has 0 saturated heterocycles. The predicted molar refractivity (Wildman–Crippen MR) is 177 cm³/mol. The van der Waals surface area contributed by atoms with Gasteiger partial charge in [-0.1, -0.05) is 109 Å². The second-order valence-corrected chi connectivity index (χ2v) is 11.3. The average Bonchev–Trinajstić information content (AvgIpc) is 3.29. The second kappa shape index (κ2) is 10.2. The zero-order chi connectivity index (χ0) is 28.9. The van der Waals surface area contributed by atoms with Crippen LogP contribution in [-0.2, 0) is 6.42 Å². The number of aliphatic hydroxyl groups excluding tert-OH is 1. The summed E-state index contributed by atoms with van der Waals surface area (Å²) in [4.78, 5) is 16.2. The molecule has 43 heavy (non-hydrogen) atoms. The molecule has 2 unspecified atom stereocenters. The van der Waals surface area contributed by atoms with Gasteiger partial charge in [0.15, 0.2) is 5.78 Å². The number of nitrogens with zero attached hydrogens (tertiary/aromatic N) is 1. The monoisotopic (exact) mass is 555 g/mol. The molecule has 0 spiro atoms. The van der Waals surface area contributed by atoms with Crippen molar-refractivity contribution in [1.82, 2.24) is 0 Å². The Balaban J connectivity index is 1.34. The Hall–Kier alpha value is -5.25. The summed E-state index contributed by atoms with van der Waals surface area (Å²) in [6.45, 7) is 0. The fourth-order valence-electron chi connectivity index (χ4n) is 6.92. The van der Waals surface area contributed by atoms with E-state index in [1.807, 2.05) is 48.5 Å². The molecule has 0 aromatic heterocycles. The number of fused-ring (bicyclic) bond motifs is 4. The van der Waals surface area contributed by atoms with Gasteiger partial charge in [0.05, 0.1) is 17.7 Å². The van der Waals surface area contributed by atoms with E-state index >= 15 is 0 Å². The summed E-state index contributed by atoms with van der Waals surface area (Å²) in [5.74, 6) is -0.537. The fourth-order valence-corrected chi connectivity index (χ4v) is 6.92. The van der Waals surface area contributed by atoms with Crippen LogP contribution in [0.1, 0.15) is 27.6 Å². The Morgan fingerprint density at radius 2 is 1.02 bits per heavy atom. The van der Waals surface area contributed by atoms with Crippen LogP contribution in [0.15, 0.2) is 146 Å². The van der Waals surface area contributed by atoms with Crippen LogP contribution < -0.4 is 4.90 Å². The largest absolute Gasteiger partial charge is 0.388 e. The molecule has 8 rings (SSSR count). The standard InChI is InChI=1S/C40H29NO2/c42-39-35-23-26-13-7-8-14-27(26)24-36(35)40(43)37(39)25-34-30-19-9-11-21-32(30)38(33-22-12-10-20-31(33)34)41(28-15-3-1-4-16-28)29-17-5-2-6-18-29/h1-24,37,39,42H,25H2. The molecule has 1 aliphatic rings. The van der Waals surface area contributed by atoms with Gasteiger partial charge in [0, 0.05) is 27.7 Å². The molecule has 7 aromatic rings. The highest BCUT2D eigenvalue weighted by Crippen LogP contribution is 2.47. The minimum Gasteiger partial charge on any atom is -0.388 e. The molecular weight excluding hydrogens is 526 g/mol. The third-order valence-corrected chi connectivity index (χ3v) is 8.91. The number of carbonyl (C=O) groups is 1. The number of hydrogen-bond acceptors (Lipinski definition) is 3. The first kappa shape index (κ1) is 25.5. The maximum atomic E-state index is 13.9. The molecule has 7 aromatic carbocycles. The maximum Gasteiger partial charge on any atom is 0.169 e. The van der Waals surface area contributed by atoms with Gasteiger partial charge in [0.1, 0.15) is 0 Å². The van der Waals surface area contributed by atoms with Crippen molar-refractivity contribution in [2.24, 2.45) is 5.92 Å². The van der Waals surface area contributed by atoms with Crippen LogP contribution in [0, 0.1) is 5.92 Å². The van der Waals surface area contributed by atoms with E-state index in [1.54, 1.807) is 0 Å². The molecule has 0 aliphatic heterocycles. The summed E-state index contributed by atoms with van der Waals surface area (Å²) >= 11 is 0. The molecule has 206 valence electrons. The lowest BCUT2D eigenvalue weighted by molar-refractivity contribution is 0.0758. The van der Waals surface area contributed by atoms with Gasteiger partial charge in [-0.2, -0.15) is 0 Å². The quantitative estimate of drug-likeness (QED) is 0.215. The number of hydrogen-bond donors (Lipinski definition) is 1. The van der Waals surface area contributed by atoms with Crippen LogP contribution in [0.3, 0.4) is 0 Å². The highest BCUT2D eigenvalue weighted by atomic mass is 16.3. The van der Waals surface area contributed by atoms with Crippen molar-refractivity contribution in [3.05, 3.63) is 162 Å². The molecule has 2 atom stereocenters. The third-order valence-electron chi connectivity index (χ3n) is 8.91. The number of aliphatic hydroxyl groups is 1. The molecule has 3 heteroatoms. The highest BCUT2D eigenvalue weighted by molar-refractivity contribution is 6.17.